The Morgan fingerprint density at radius 1 is 0.906 bits per heavy atom. The van der Waals surface area contributed by atoms with Gasteiger partial charge in [0.1, 0.15) is 18.0 Å². The first-order valence-electron chi connectivity index (χ1n) is 11.2. The van der Waals surface area contributed by atoms with Gasteiger partial charge in [0.05, 0.1) is 12.2 Å². The second-order valence-electron chi connectivity index (χ2n) is 7.98. The lowest BCUT2D eigenvalue weighted by Gasteiger charge is -2.47. The summed E-state index contributed by atoms with van der Waals surface area (Å²) in [7, 11) is 0. The maximum Gasteiger partial charge on any atom is 0.258 e. The van der Waals surface area contributed by atoms with E-state index in [0.29, 0.717) is 31.9 Å². The molecule has 5 nitrogen and oxygen atoms in total. The standard InChI is InChI=1S/C27H30N2O3/c1-3-31-19-20-32-25-16-10-8-14-23(25)27(2)28-24-15-9-7-13-22(24)26(30)29(27)18-17-21-11-5-4-6-12-21/h4-16,28H,3,17-20H2,1-2H3. The summed E-state index contributed by atoms with van der Waals surface area (Å²) in [6, 6.07) is 25.9. The predicted molar refractivity (Wildman–Crippen MR) is 127 cm³/mol. The molecule has 4 rings (SSSR count). The number of ether oxygens (including phenoxy) is 2. The van der Waals surface area contributed by atoms with E-state index in [1.807, 2.05) is 78.6 Å². The summed E-state index contributed by atoms with van der Waals surface area (Å²) in [6.07, 6.45) is 0.763. The van der Waals surface area contributed by atoms with Crippen LogP contribution in [0.2, 0.25) is 0 Å². The van der Waals surface area contributed by atoms with Crippen LogP contribution >= 0.6 is 0 Å². The van der Waals surface area contributed by atoms with Gasteiger partial charge in [-0.15, -0.1) is 0 Å². The van der Waals surface area contributed by atoms with Crippen LogP contribution in [0.3, 0.4) is 0 Å². The smallest absolute Gasteiger partial charge is 0.258 e. The Morgan fingerprint density at radius 2 is 1.62 bits per heavy atom. The van der Waals surface area contributed by atoms with E-state index in [4.69, 9.17) is 9.47 Å². The number of nitrogens with one attached hydrogen (secondary N) is 1. The van der Waals surface area contributed by atoms with E-state index < -0.39 is 5.66 Å². The van der Waals surface area contributed by atoms with E-state index in [1.165, 1.54) is 5.56 Å². The van der Waals surface area contributed by atoms with E-state index in [1.54, 1.807) is 0 Å². The zero-order chi connectivity index (χ0) is 22.4. The molecule has 3 aromatic carbocycles. The summed E-state index contributed by atoms with van der Waals surface area (Å²) in [5, 5.41) is 3.64. The quantitative estimate of drug-likeness (QED) is 0.481. The van der Waals surface area contributed by atoms with Crippen molar-refractivity contribution in [3.63, 3.8) is 0 Å². The molecule has 1 heterocycles. The molecule has 0 saturated heterocycles. The van der Waals surface area contributed by atoms with E-state index >= 15 is 0 Å². The lowest BCUT2D eigenvalue weighted by Crippen LogP contribution is -2.56. The summed E-state index contributed by atoms with van der Waals surface area (Å²) in [5.74, 6) is 0.765. The van der Waals surface area contributed by atoms with Crippen molar-refractivity contribution in [1.82, 2.24) is 4.90 Å². The van der Waals surface area contributed by atoms with Crippen molar-refractivity contribution in [3.8, 4) is 5.75 Å². The van der Waals surface area contributed by atoms with Gasteiger partial charge in [0.15, 0.2) is 0 Å². The second-order valence-corrected chi connectivity index (χ2v) is 7.98. The van der Waals surface area contributed by atoms with Crippen LogP contribution in [-0.2, 0) is 16.8 Å². The van der Waals surface area contributed by atoms with Gasteiger partial charge < -0.3 is 19.7 Å². The van der Waals surface area contributed by atoms with Gasteiger partial charge in [0.25, 0.3) is 5.91 Å². The average Bonchev–Trinajstić information content (AvgIpc) is 2.82. The zero-order valence-corrected chi connectivity index (χ0v) is 18.7. The number of fused-ring (bicyclic) bond motifs is 1. The largest absolute Gasteiger partial charge is 0.491 e. The third kappa shape index (κ3) is 4.48. The van der Waals surface area contributed by atoms with E-state index in [0.717, 1.165) is 23.4 Å². The fourth-order valence-electron chi connectivity index (χ4n) is 4.23. The molecule has 0 spiro atoms. The van der Waals surface area contributed by atoms with Crippen LogP contribution in [0, 0.1) is 0 Å². The molecule has 1 aliphatic heterocycles. The van der Waals surface area contributed by atoms with Gasteiger partial charge in [-0.1, -0.05) is 60.7 Å². The summed E-state index contributed by atoms with van der Waals surface area (Å²) >= 11 is 0. The molecule has 3 aromatic rings. The topological polar surface area (TPSA) is 50.8 Å². The number of benzene rings is 3. The molecule has 0 fully saturated rings. The highest BCUT2D eigenvalue weighted by Crippen LogP contribution is 2.41. The highest BCUT2D eigenvalue weighted by molar-refractivity contribution is 6.02. The maximum absolute atomic E-state index is 13.7. The monoisotopic (exact) mass is 430 g/mol. The Morgan fingerprint density at radius 3 is 2.44 bits per heavy atom. The van der Waals surface area contributed by atoms with Gasteiger partial charge in [-0.2, -0.15) is 0 Å². The second kappa shape index (κ2) is 9.88. The molecule has 1 unspecified atom stereocenters. The number of anilines is 1. The molecule has 1 atom stereocenters. The summed E-state index contributed by atoms with van der Waals surface area (Å²) in [4.78, 5) is 15.6. The summed E-state index contributed by atoms with van der Waals surface area (Å²) < 4.78 is 11.5. The van der Waals surface area contributed by atoms with Gasteiger partial charge in [-0.05, 0) is 44.0 Å². The van der Waals surface area contributed by atoms with Gasteiger partial charge in [0.2, 0.25) is 0 Å². The number of rotatable bonds is 9. The maximum atomic E-state index is 13.7. The molecule has 5 heteroatoms. The molecule has 1 amide bonds. The fourth-order valence-corrected chi connectivity index (χ4v) is 4.23. The third-order valence-corrected chi connectivity index (χ3v) is 5.89. The number of hydrogen-bond donors (Lipinski definition) is 1. The van der Waals surface area contributed by atoms with Crippen LogP contribution in [0.5, 0.6) is 5.75 Å². The van der Waals surface area contributed by atoms with E-state index in [2.05, 4.69) is 24.4 Å². The van der Waals surface area contributed by atoms with E-state index in [9.17, 15) is 4.79 Å². The number of carbonyl (C=O) groups is 1. The Labute approximate surface area is 190 Å². The van der Waals surface area contributed by atoms with Crippen molar-refractivity contribution < 1.29 is 14.3 Å². The Bertz CT molecular complexity index is 1050. The first-order valence-corrected chi connectivity index (χ1v) is 11.2. The Kier molecular flexibility index (Phi) is 6.76. The number of carbonyl (C=O) groups excluding carboxylic acids is 1. The number of para-hydroxylation sites is 2. The van der Waals surface area contributed by atoms with Gasteiger partial charge in [0, 0.05) is 24.4 Å². The van der Waals surface area contributed by atoms with Crippen molar-refractivity contribution >= 4 is 11.6 Å². The number of amides is 1. The molecule has 0 radical (unpaired) electrons. The Balaban J connectivity index is 1.69. The van der Waals surface area contributed by atoms with Crippen LogP contribution in [0.1, 0.15) is 35.3 Å². The summed E-state index contributed by atoms with van der Waals surface area (Å²) in [5.41, 5.74) is 2.88. The minimum absolute atomic E-state index is 0.0156. The minimum atomic E-state index is -0.761. The van der Waals surface area contributed by atoms with Crippen molar-refractivity contribution in [3.05, 3.63) is 95.6 Å². The van der Waals surface area contributed by atoms with Gasteiger partial charge in [-0.25, -0.2) is 0 Å². The highest BCUT2D eigenvalue weighted by Gasteiger charge is 2.43. The van der Waals surface area contributed by atoms with Crippen molar-refractivity contribution in [2.45, 2.75) is 25.9 Å². The van der Waals surface area contributed by atoms with Crippen LogP contribution in [0.4, 0.5) is 5.69 Å². The SMILES string of the molecule is CCOCCOc1ccccc1C1(C)Nc2ccccc2C(=O)N1CCc1ccccc1. The molecule has 0 aromatic heterocycles. The van der Waals surface area contributed by atoms with Crippen molar-refractivity contribution in [2.24, 2.45) is 0 Å². The lowest BCUT2D eigenvalue weighted by atomic mass is 9.92. The van der Waals surface area contributed by atoms with Gasteiger partial charge >= 0.3 is 0 Å². The molecule has 1 aliphatic rings. The van der Waals surface area contributed by atoms with Crippen LogP contribution < -0.4 is 10.1 Å². The third-order valence-electron chi connectivity index (χ3n) is 5.89. The molecule has 0 saturated carbocycles. The van der Waals surface area contributed by atoms with E-state index in [-0.39, 0.29) is 5.91 Å². The van der Waals surface area contributed by atoms with Crippen LogP contribution in [0.25, 0.3) is 0 Å². The average molecular weight is 431 g/mol. The Hall–Kier alpha value is -3.31. The van der Waals surface area contributed by atoms with Crippen molar-refractivity contribution in [1.29, 1.82) is 0 Å². The summed E-state index contributed by atoms with van der Waals surface area (Å²) in [6.45, 7) is 6.23. The molecule has 1 N–H and O–H groups in total. The van der Waals surface area contributed by atoms with Crippen LogP contribution in [0.15, 0.2) is 78.9 Å². The molecular formula is C27H30N2O3. The fraction of sp³-hybridized carbons (Fsp3) is 0.296. The number of hydrogen-bond acceptors (Lipinski definition) is 4. The van der Waals surface area contributed by atoms with Crippen LogP contribution in [-0.4, -0.2) is 37.2 Å². The van der Waals surface area contributed by atoms with Crippen molar-refractivity contribution in [2.75, 3.05) is 31.7 Å². The molecular weight excluding hydrogens is 400 g/mol. The van der Waals surface area contributed by atoms with Gasteiger partial charge in [-0.3, -0.25) is 4.79 Å². The first kappa shape index (κ1) is 21.9. The lowest BCUT2D eigenvalue weighted by molar-refractivity contribution is 0.0528. The normalized spacial score (nSPS) is 17.6. The molecule has 0 bridgehead atoms. The number of nitrogens with zero attached hydrogens (tertiary/aromatic N) is 1. The highest BCUT2D eigenvalue weighted by atomic mass is 16.5. The molecule has 32 heavy (non-hydrogen) atoms. The first-order chi connectivity index (χ1) is 15.6. The molecule has 166 valence electrons. The molecule has 0 aliphatic carbocycles. The predicted octanol–water partition coefficient (Wildman–Crippen LogP) is 5.09. The minimum Gasteiger partial charge on any atom is -0.491 e. The zero-order valence-electron chi connectivity index (χ0n) is 18.7.